The van der Waals surface area contributed by atoms with Crippen LogP contribution in [-0.4, -0.2) is 17.5 Å². The predicted molar refractivity (Wildman–Crippen MR) is 51.9 cm³/mol. The molecule has 10 heteroatoms. The first-order chi connectivity index (χ1) is 6.20. The van der Waals surface area contributed by atoms with Gasteiger partial charge >= 0.3 is 59.1 Å². The first kappa shape index (κ1) is 23.1. The zero-order chi connectivity index (χ0) is 11.4. The van der Waals surface area contributed by atoms with E-state index in [1.54, 1.807) is 18.2 Å². The standard InChI is InChI=1S/C6H3Cl3.2Na.H2O4S/c7-4-1-2-5(8)6(9)3-4;;;1-5(2,3)4/h1-3H;;;(H2,1,2,3,4)/q;2*+1;/p-2. The van der Waals surface area contributed by atoms with Gasteiger partial charge in [0.2, 0.25) is 0 Å². The van der Waals surface area contributed by atoms with Crippen LogP contribution in [0.1, 0.15) is 0 Å². The Labute approximate surface area is 153 Å². The fourth-order valence-electron chi connectivity index (χ4n) is 0.470. The summed E-state index contributed by atoms with van der Waals surface area (Å²) >= 11 is 16.8. The molecule has 16 heavy (non-hydrogen) atoms. The summed E-state index contributed by atoms with van der Waals surface area (Å²) < 4.78 is 34.1. The molecular weight excluding hydrogens is 320 g/mol. The summed E-state index contributed by atoms with van der Waals surface area (Å²) in [7, 11) is -5.17. The first-order valence-corrected chi connectivity index (χ1v) is 5.44. The van der Waals surface area contributed by atoms with E-state index in [9.17, 15) is 0 Å². The summed E-state index contributed by atoms with van der Waals surface area (Å²) in [6.45, 7) is 0. The molecule has 0 N–H and O–H groups in total. The monoisotopic (exact) mass is 322 g/mol. The zero-order valence-corrected chi connectivity index (χ0v) is 15.5. The van der Waals surface area contributed by atoms with E-state index in [1.807, 2.05) is 0 Å². The van der Waals surface area contributed by atoms with Crippen LogP contribution < -0.4 is 59.1 Å². The van der Waals surface area contributed by atoms with Gasteiger partial charge in [0.25, 0.3) is 0 Å². The number of hydrogen-bond acceptors (Lipinski definition) is 4. The van der Waals surface area contributed by atoms with E-state index in [4.69, 9.17) is 52.3 Å². The molecule has 80 valence electrons. The molecular formula is C6H3Cl3Na2O4S. The molecule has 0 fully saturated rings. The smallest absolute Gasteiger partial charge is 0.759 e. The number of hydrogen-bond donors (Lipinski definition) is 0. The van der Waals surface area contributed by atoms with Crippen molar-refractivity contribution in [3.05, 3.63) is 33.3 Å². The Morgan fingerprint density at radius 3 is 1.56 bits per heavy atom. The molecule has 1 aromatic carbocycles. The van der Waals surface area contributed by atoms with Crippen molar-refractivity contribution in [2.24, 2.45) is 0 Å². The van der Waals surface area contributed by atoms with Gasteiger partial charge in [0.1, 0.15) is 0 Å². The molecule has 0 aliphatic carbocycles. The second kappa shape index (κ2) is 10.8. The molecule has 0 saturated carbocycles. The number of benzene rings is 1. The van der Waals surface area contributed by atoms with E-state index < -0.39 is 10.4 Å². The molecule has 0 radical (unpaired) electrons. The van der Waals surface area contributed by atoms with E-state index in [-0.39, 0.29) is 59.1 Å². The predicted octanol–water partition coefficient (Wildman–Crippen LogP) is -3.68. The Kier molecular flexibility index (Phi) is 15.6. The molecule has 1 aromatic rings. The van der Waals surface area contributed by atoms with Gasteiger partial charge in [-0.3, -0.25) is 8.42 Å². The third-order valence-corrected chi connectivity index (χ3v) is 1.86. The van der Waals surface area contributed by atoms with Crippen molar-refractivity contribution in [3.8, 4) is 0 Å². The van der Waals surface area contributed by atoms with E-state index in [2.05, 4.69) is 0 Å². The largest absolute Gasteiger partial charge is 1.00 e. The van der Waals surface area contributed by atoms with E-state index >= 15 is 0 Å². The molecule has 1 rings (SSSR count). The second-order valence-electron chi connectivity index (χ2n) is 1.97. The van der Waals surface area contributed by atoms with Crippen molar-refractivity contribution in [1.29, 1.82) is 0 Å². The normalized spacial score (nSPS) is 9.06. The van der Waals surface area contributed by atoms with Crippen LogP contribution in [-0.2, 0) is 10.4 Å². The Bertz CT molecular complexity index is 404. The maximum Gasteiger partial charge on any atom is 1.00 e. The van der Waals surface area contributed by atoms with E-state index in [1.165, 1.54) is 0 Å². The Morgan fingerprint density at radius 1 is 0.938 bits per heavy atom. The maximum atomic E-state index is 8.52. The molecule has 0 spiro atoms. The first-order valence-electron chi connectivity index (χ1n) is 2.97. The number of rotatable bonds is 0. The summed E-state index contributed by atoms with van der Waals surface area (Å²) in [5.41, 5.74) is 0. The molecule has 0 aliphatic rings. The molecule has 0 aromatic heterocycles. The van der Waals surface area contributed by atoms with Gasteiger partial charge < -0.3 is 9.11 Å². The molecule has 0 aliphatic heterocycles. The van der Waals surface area contributed by atoms with Crippen LogP contribution in [0.5, 0.6) is 0 Å². The molecule has 0 unspecified atom stereocenters. The summed E-state index contributed by atoms with van der Waals surface area (Å²) in [6, 6.07) is 4.95. The van der Waals surface area contributed by atoms with Crippen LogP contribution in [0.4, 0.5) is 0 Å². The molecule has 0 heterocycles. The maximum absolute atomic E-state index is 8.52. The minimum atomic E-state index is -5.17. The molecule has 4 nitrogen and oxygen atoms in total. The van der Waals surface area contributed by atoms with Crippen molar-refractivity contribution < 1.29 is 76.6 Å². The molecule has 0 amide bonds. The van der Waals surface area contributed by atoms with Gasteiger partial charge in [-0.05, 0) is 18.2 Å². The molecule has 0 saturated heterocycles. The summed E-state index contributed by atoms with van der Waals surface area (Å²) in [5.74, 6) is 0. The topological polar surface area (TPSA) is 80.3 Å². The molecule has 0 bridgehead atoms. The van der Waals surface area contributed by atoms with Gasteiger partial charge in [-0.25, -0.2) is 0 Å². The van der Waals surface area contributed by atoms with Crippen LogP contribution in [0.25, 0.3) is 0 Å². The van der Waals surface area contributed by atoms with Gasteiger partial charge in [0.15, 0.2) is 0 Å². The summed E-state index contributed by atoms with van der Waals surface area (Å²) in [4.78, 5) is 0. The van der Waals surface area contributed by atoms with E-state index in [0.29, 0.717) is 15.1 Å². The fourth-order valence-corrected chi connectivity index (χ4v) is 0.997. The van der Waals surface area contributed by atoms with Gasteiger partial charge in [-0.1, -0.05) is 34.8 Å². The minimum absolute atomic E-state index is 0. The Morgan fingerprint density at radius 2 is 1.31 bits per heavy atom. The van der Waals surface area contributed by atoms with Crippen LogP contribution in [0.2, 0.25) is 15.1 Å². The summed E-state index contributed by atoms with van der Waals surface area (Å²) in [5, 5.41) is 1.62. The average molecular weight is 323 g/mol. The van der Waals surface area contributed by atoms with Gasteiger partial charge in [0, 0.05) is 15.4 Å². The van der Waals surface area contributed by atoms with Crippen LogP contribution >= 0.6 is 34.8 Å². The van der Waals surface area contributed by atoms with Gasteiger partial charge in [-0.2, -0.15) is 0 Å². The third kappa shape index (κ3) is 16.0. The van der Waals surface area contributed by atoms with Crippen molar-refractivity contribution >= 4 is 45.2 Å². The quantitative estimate of drug-likeness (QED) is 0.213. The van der Waals surface area contributed by atoms with Crippen molar-refractivity contribution in [1.82, 2.24) is 0 Å². The van der Waals surface area contributed by atoms with Crippen molar-refractivity contribution in [3.63, 3.8) is 0 Å². The Hall–Kier alpha value is 1.96. The van der Waals surface area contributed by atoms with Crippen molar-refractivity contribution in [2.45, 2.75) is 0 Å². The fraction of sp³-hybridized carbons (Fsp3) is 0. The van der Waals surface area contributed by atoms with Crippen LogP contribution in [0.3, 0.4) is 0 Å². The van der Waals surface area contributed by atoms with E-state index in [0.717, 1.165) is 0 Å². The molecule has 0 atom stereocenters. The zero-order valence-electron chi connectivity index (χ0n) is 8.41. The Balaban J connectivity index is -0.000000214. The average Bonchev–Trinajstić information content (AvgIpc) is 1.94. The summed E-state index contributed by atoms with van der Waals surface area (Å²) in [6.07, 6.45) is 0. The third-order valence-electron chi connectivity index (χ3n) is 0.882. The second-order valence-corrected chi connectivity index (χ2v) is 4.03. The van der Waals surface area contributed by atoms with Crippen LogP contribution in [0.15, 0.2) is 18.2 Å². The van der Waals surface area contributed by atoms with Gasteiger partial charge in [0.05, 0.1) is 10.0 Å². The van der Waals surface area contributed by atoms with Gasteiger partial charge in [-0.15, -0.1) is 0 Å². The SMILES string of the molecule is Clc1ccc(Cl)c(Cl)c1.O=S(=O)([O-])[O-].[Na+].[Na+]. The minimum Gasteiger partial charge on any atom is -0.759 e. The van der Waals surface area contributed by atoms with Crippen molar-refractivity contribution in [2.75, 3.05) is 0 Å². The van der Waals surface area contributed by atoms with Crippen LogP contribution in [0, 0.1) is 0 Å². The number of halogens is 3.